The number of aliphatic carboxylic acids is 1. The maximum absolute atomic E-state index is 11.5. The van der Waals surface area contributed by atoms with Crippen LogP contribution in [-0.4, -0.2) is 30.7 Å². The number of nitrogens with one attached hydrogen (secondary N) is 1. The quantitative estimate of drug-likeness (QED) is 0.716. The van der Waals surface area contributed by atoms with E-state index in [1.807, 2.05) is 13.8 Å². The molecule has 1 heterocycles. The Morgan fingerprint density at radius 3 is 2.48 bits per heavy atom. The van der Waals surface area contributed by atoms with Crippen LogP contribution in [-0.2, 0) is 16.1 Å². The number of carbonyl (C=O) groups excluding carboxylic acids is 1. The van der Waals surface area contributed by atoms with Gasteiger partial charge < -0.3 is 19.6 Å². The van der Waals surface area contributed by atoms with Gasteiger partial charge in [0.25, 0.3) is 0 Å². The Bertz CT molecular complexity index is 502. The summed E-state index contributed by atoms with van der Waals surface area (Å²) in [6.07, 6.45) is 1.10. The lowest BCUT2D eigenvalue weighted by molar-refractivity contribution is -0.149. The van der Waals surface area contributed by atoms with Crippen LogP contribution in [0.1, 0.15) is 48.6 Å². The SMILES string of the molecule is CCC(CC)(CNCc1cc(C(=O)OC)c(C)o1)C(=O)O. The van der Waals surface area contributed by atoms with E-state index >= 15 is 0 Å². The van der Waals surface area contributed by atoms with Crippen LogP contribution in [0.5, 0.6) is 0 Å². The number of ether oxygens (including phenoxy) is 1. The normalized spacial score (nSPS) is 11.4. The minimum atomic E-state index is -0.800. The molecule has 2 N–H and O–H groups in total. The summed E-state index contributed by atoms with van der Waals surface area (Å²) in [5.41, 5.74) is -0.378. The zero-order valence-electron chi connectivity index (χ0n) is 13.0. The zero-order valence-corrected chi connectivity index (χ0v) is 13.0. The molecular weight excluding hydrogens is 274 g/mol. The van der Waals surface area contributed by atoms with Crippen molar-refractivity contribution in [1.82, 2.24) is 5.32 Å². The van der Waals surface area contributed by atoms with E-state index in [9.17, 15) is 14.7 Å². The third-order valence-corrected chi connectivity index (χ3v) is 3.94. The lowest BCUT2D eigenvalue weighted by Crippen LogP contribution is -2.39. The number of methoxy groups -OCH3 is 1. The average Bonchev–Trinajstić information content (AvgIpc) is 2.83. The first-order valence-corrected chi connectivity index (χ1v) is 7.02. The third-order valence-electron chi connectivity index (χ3n) is 3.94. The van der Waals surface area contributed by atoms with Gasteiger partial charge in [-0.3, -0.25) is 4.79 Å². The van der Waals surface area contributed by atoms with E-state index in [0.717, 1.165) is 0 Å². The van der Waals surface area contributed by atoms with E-state index in [1.165, 1.54) is 7.11 Å². The van der Waals surface area contributed by atoms with Crippen LogP contribution in [0.2, 0.25) is 0 Å². The molecule has 0 unspecified atom stereocenters. The van der Waals surface area contributed by atoms with Crippen LogP contribution in [0.3, 0.4) is 0 Å². The predicted molar refractivity (Wildman–Crippen MR) is 77.1 cm³/mol. The molecule has 0 bridgehead atoms. The van der Waals surface area contributed by atoms with Crippen molar-refractivity contribution in [2.75, 3.05) is 13.7 Å². The van der Waals surface area contributed by atoms with Gasteiger partial charge in [0.1, 0.15) is 17.1 Å². The standard InChI is InChI=1S/C15H23NO5/c1-5-15(6-2,14(18)19)9-16-8-11-7-12(10(3)21-11)13(17)20-4/h7,16H,5-6,8-9H2,1-4H3,(H,18,19). The van der Waals surface area contributed by atoms with Gasteiger partial charge in [-0.25, -0.2) is 4.79 Å². The Labute approximate surface area is 124 Å². The molecule has 0 aromatic carbocycles. The fourth-order valence-corrected chi connectivity index (χ4v) is 2.25. The van der Waals surface area contributed by atoms with Crippen molar-refractivity contribution in [1.29, 1.82) is 0 Å². The molecule has 6 heteroatoms. The van der Waals surface area contributed by atoms with Gasteiger partial charge in [-0.15, -0.1) is 0 Å². The number of furan rings is 1. The van der Waals surface area contributed by atoms with E-state index < -0.39 is 17.4 Å². The number of esters is 1. The molecule has 0 saturated carbocycles. The molecule has 118 valence electrons. The molecule has 21 heavy (non-hydrogen) atoms. The van der Waals surface area contributed by atoms with Crippen molar-refractivity contribution in [2.24, 2.45) is 5.41 Å². The van der Waals surface area contributed by atoms with Crippen molar-refractivity contribution < 1.29 is 23.8 Å². The van der Waals surface area contributed by atoms with Crippen LogP contribution in [0.15, 0.2) is 10.5 Å². The highest BCUT2D eigenvalue weighted by molar-refractivity contribution is 5.90. The molecular formula is C15H23NO5. The molecule has 0 radical (unpaired) electrons. The van der Waals surface area contributed by atoms with E-state index in [0.29, 0.717) is 43.0 Å². The monoisotopic (exact) mass is 297 g/mol. The molecule has 0 amide bonds. The van der Waals surface area contributed by atoms with Crippen LogP contribution >= 0.6 is 0 Å². The Hall–Kier alpha value is -1.82. The number of hydrogen-bond acceptors (Lipinski definition) is 5. The Kier molecular flexibility index (Phi) is 5.96. The number of carboxylic acid groups (broad SMARTS) is 1. The molecule has 1 aromatic heterocycles. The van der Waals surface area contributed by atoms with E-state index in [1.54, 1.807) is 13.0 Å². The smallest absolute Gasteiger partial charge is 0.341 e. The van der Waals surface area contributed by atoms with Gasteiger partial charge in [-0.1, -0.05) is 13.8 Å². The maximum Gasteiger partial charge on any atom is 0.341 e. The van der Waals surface area contributed by atoms with Gasteiger partial charge in [-0.05, 0) is 25.8 Å². The summed E-state index contributed by atoms with van der Waals surface area (Å²) in [7, 11) is 1.32. The first-order valence-electron chi connectivity index (χ1n) is 7.02. The van der Waals surface area contributed by atoms with Gasteiger partial charge in [-0.2, -0.15) is 0 Å². The van der Waals surface area contributed by atoms with Crippen molar-refractivity contribution in [3.63, 3.8) is 0 Å². The number of carbonyl (C=O) groups is 2. The number of aryl methyl sites for hydroxylation is 1. The van der Waals surface area contributed by atoms with Crippen molar-refractivity contribution in [3.8, 4) is 0 Å². The Morgan fingerprint density at radius 1 is 1.38 bits per heavy atom. The fourth-order valence-electron chi connectivity index (χ4n) is 2.25. The van der Waals surface area contributed by atoms with E-state index in [-0.39, 0.29) is 0 Å². The lowest BCUT2D eigenvalue weighted by atomic mass is 9.82. The van der Waals surface area contributed by atoms with Gasteiger partial charge in [0.2, 0.25) is 0 Å². The van der Waals surface area contributed by atoms with Crippen LogP contribution in [0.25, 0.3) is 0 Å². The number of rotatable bonds is 8. The summed E-state index contributed by atoms with van der Waals surface area (Å²) in [5.74, 6) is -0.163. The minimum Gasteiger partial charge on any atom is -0.481 e. The fraction of sp³-hybridized carbons (Fsp3) is 0.600. The molecule has 0 aliphatic rings. The van der Waals surface area contributed by atoms with E-state index in [4.69, 9.17) is 4.42 Å². The number of carboxylic acids is 1. The maximum atomic E-state index is 11.5. The van der Waals surface area contributed by atoms with Gasteiger partial charge in [0.05, 0.1) is 19.1 Å². The summed E-state index contributed by atoms with van der Waals surface area (Å²) in [6, 6.07) is 1.62. The first-order chi connectivity index (χ1) is 9.90. The molecule has 0 aliphatic heterocycles. The van der Waals surface area contributed by atoms with E-state index in [2.05, 4.69) is 10.1 Å². The Morgan fingerprint density at radius 2 is 2.00 bits per heavy atom. The van der Waals surface area contributed by atoms with Crippen molar-refractivity contribution in [2.45, 2.75) is 40.2 Å². The average molecular weight is 297 g/mol. The second kappa shape index (κ2) is 7.26. The summed E-state index contributed by atoms with van der Waals surface area (Å²) in [6.45, 7) is 6.14. The van der Waals surface area contributed by atoms with Gasteiger partial charge >= 0.3 is 11.9 Å². The van der Waals surface area contributed by atoms with Crippen LogP contribution < -0.4 is 5.32 Å². The molecule has 6 nitrogen and oxygen atoms in total. The van der Waals surface area contributed by atoms with Gasteiger partial charge in [0.15, 0.2) is 0 Å². The largest absolute Gasteiger partial charge is 0.481 e. The molecule has 0 atom stereocenters. The highest BCUT2D eigenvalue weighted by Gasteiger charge is 2.34. The second-order valence-electron chi connectivity index (χ2n) is 5.07. The number of hydrogen-bond donors (Lipinski definition) is 2. The molecule has 0 spiro atoms. The van der Waals surface area contributed by atoms with Crippen molar-refractivity contribution >= 4 is 11.9 Å². The summed E-state index contributed by atoms with van der Waals surface area (Å²) >= 11 is 0. The Balaban J connectivity index is 2.68. The van der Waals surface area contributed by atoms with Crippen LogP contribution in [0, 0.1) is 12.3 Å². The molecule has 0 fully saturated rings. The highest BCUT2D eigenvalue weighted by Crippen LogP contribution is 2.26. The molecule has 1 aromatic rings. The second-order valence-corrected chi connectivity index (χ2v) is 5.07. The summed E-state index contributed by atoms with van der Waals surface area (Å²) < 4.78 is 10.1. The summed E-state index contributed by atoms with van der Waals surface area (Å²) in [5, 5.41) is 12.4. The topological polar surface area (TPSA) is 88.8 Å². The van der Waals surface area contributed by atoms with Crippen molar-refractivity contribution in [3.05, 3.63) is 23.2 Å². The third kappa shape index (κ3) is 3.85. The minimum absolute atomic E-state index is 0.350. The lowest BCUT2D eigenvalue weighted by Gasteiger charge is -2.26. The first kappa shape index (κ1) is 17.2. The summed E-state index contributed by atoms with van der Waals surface area (Å²) in [4.78, 5) is 22.9. The van der Waals surface area contributed by atoms with Gasteiger partial charge in [0, 0.05) is 6.54 Å². The van der Waals surface area contributed by atoms with Crippen LogP contribution in [0.4, 0.5) is 0 Å². The molecule has 0 saturated heterocycles. The highest BCUT2D eigenvalue weighted by atomic mass is 16.5. The zero-order chi connectivity index (χ0) is 16.0. The molecule has 0 aliphatic carbocycles. The molecule has 1 rings (SSSR count). The predicted octanol–water partition coefficient (Wildman–Crippen LogP) is 2.36.